The summed E-state index contributed by atoms with van der Waals surface area (Å²) in [6.07, 6.45) is -1.65. The van der Waals surface area contributed by atoms with E-state index in [0.29, 0.717) is 11.0 Å². The van der Waals surface area contributed by atoms with E-state index in [9.17, 15) is 24.2 Å². The molecular weight excluding hydrogens is 381 g/mol. The Kier molecular flexibility index (Phi) is 10.7. The van der Waals surface area contributed by atoms with Crippen molar-refractivity contribution in [2.75, 3.05) is 47.5 Å². The summed E-state index contributed by atoms with van der Waals surface area (Å²) in [5.41, 5.74) is -0.638. The average molecular weight is 414 g/mol. The molecule has 0 aromatic heterocycles. The van der Waals surface area contributed by atoms with Crippen molar-refractivity contribution in [1.29, 1.82) is 0 Å². The number of hydrogen-bond donors (Lipinski definition) is 2. The summed E-state index contributed by atoms with van der Waals surface area (Å²) in [4.78, 5) is 32.5. The van der Waals surface area contributed by atoms with Crippen LogP contribution in [0.5, 0.6) is 0 Å². The van der Waals surface area contributed by atoms with E-state index in [-0.39, 0.29) is 19.4 Å². The molecular formula is C16H33NO9P+. The quantitative estimate of drug-likeness (QED) is 0.271. The Morgan fingerprint density at radius 2 is 1.59 bits per heavy atom. The van der Waals surface area contributed by atoms with Crippen LogP contribution >= 0.6 is 7.82 Å². The number of aliphatic hydroxyl groups is 1. The van der Waals surface area contributed by atoms with Gasteiger partial charge in [-0.2, -0.15) is 0 Å². The normalized spacial score (nSPS) is 15.7. The summed E-state index contributed by atoms with van der Waals surface area (Å²) in [6.45, 7) is 4.66. The molecule has 0 rings (SSSR count). The maximum atomic E-state index is 11.7. The molecule has 2 unspecified atom stereocenters. The zero-order chi connectivity index (χ0) is 21.3. The Bertz CT molecular complexity index is 525. The third kappa shape index (κ3) is 16.8. The minimum absolute atomic E-state index is 0.00697. The fourth-order valence-corrected chi connectivity index (χ4v) is 2.30. The van der Waals surface area contributed by atoms with Gasteiger partial charge in [-0.25, -0.2) is 4.57 Å². The highest BCUT2D eigenvalue weighted by atomic mass is 31.2. The predicted molar refractivity (Wildman–Crippen MR) is 96.7 cm³/mol. The Balaban J connectivity index is 4.01. The lowest BCUT2D eigenvalue weighted by molar-refractivity contribution is -0.870. The zero-order valence-corrected chi connectivity index (χ0v) is 17.9. The number of carbonyl (C=O) groups is 2. The molecule has 11 heteroatoms. The Morgan fingerprint density at radius 3 is 2.11 bits per heavy atom. The summed E-state index contributed by atoms with van der Waals surface area (Å²) in [5.74, 6) is -1.23. The number of quaternary nitrogens is 1. The molecule has 0 aliphatic rings. The molecule has 0 amide bonds. The average Bonchev–Trinajstić information content (AvgIpc) is 2.45. The van der Waals surface area contributed by atoms with E-state index in [4.69, 9.17) is 14.0 Å². The molecule has 2 atom stereocenters. The molecule has 0 heterocycles. The number of rotatable bonds is 12. The van der Waals surface area contributed by atoms with Crippen LogP contribution in [0.3, 0.4) is 0 Å². The molecule has 2 N–H and O–H groups in total. The standard InChI is InChI=1S/C16H32NO9P/c1-16(2,3)26-15(20)8-7-14(19)23-11-13(18)12-25-27(21,22)24-10-9-17(4,5)6/h13,18H,7-12H2,1-6H3/p+1. The van der Waals surface area contributed by atoms with Gasteiger partial charge in [0.1, 0.15) is 31.5 Å². The van der Waals surface area contributed by atoms with E-state index < -0.39 is 44.7 Å². The second-order valence-corrected chi connectivity index (χ2v) is 9.49. The van der Waals surface area contributed by atoms with Crippen LogP contribution in [0.4, 0.5) is 0 Å². The SMILES string of the molecule is CC(C)(C)OC(=O)CCC(=O)OCC(O)COP(=O)(O)OCC[N+](C)(C)C. The number of esters is 2. The number of phosphoric ester groups is 1. The molecule has 0 fully saturated rings. The van der Waals surface area contributed by atoms with Gasteiger partial charge >= 0.3 is 19.8 Å². The van der Waals surface area contributed by atoms with Crippen molar-refractivity contribution in [3.63, 3.8) is 0 Å². The van der Waals surface area contributed by atoms with Gasteiger partial charge in [-0.1, -0.05) is 0 Å². The first-order chi connectivity index (χ1) is 12.1. The number of hydrogen-bond acceptors (Lipinski definition) is 8. The maximum absolute atomic E-state index is 11.7. The summed E-state index contributed by atoms with van der Waals surface area (Å²) in [7, 11) is 1.39. The van der Waals surface area contributed by atoms with Gasteiger partial charge in [-0.15, -0.1) is 0 Å². The van der Waals surface area contributed by atoms with Crippen LogP contribution in [0, 0.1) is 0 Å². The molecule has 0 saturated heterocycles. The fraction of sp³-hybridized carbons (Fsp3) is 0.875. The Labute approximate surface area is 160 Å². The number of carbonyl (C=O) groups excluding carboxylic acids is 2. The number of nitrogens with zero attached hydrogens (tertiary/aromatic N) is 1. The fourth-order valence-electron chi connectivity index (χ4n) is 1.55. The van der Waals surface area contributed by atoms with Gasteiger partial charge in [-0.3, -0.25) is 18.6 Å². The van der Waals surface area contributed by atoms with Crippen molar-refractivity contribution in [2.24, 2.45) is 0 Å². The number of ether oxygens (including phenoxy) is 2. The zero-order valence-electron chi connectivity index (χ0n) is 17.0. The molecule has 0 aliphatic carbocycles. The number of likely N-dealkylation sites (N-methyl/N-ethyl adjacent to an activating group) is 1. The first-order valence-electron chi connectivity index (χ1n) is 8.57. The third-order valence-electron chi connectivity index (χ3n) is 2.84. The number of aliphatic hydroxyl groups excluding tert-OH is 1. The van der Waals surface area contributed by atoms with Gasteiger partial charge in [0.15, 0.2) is 0 Å². The van der Waals surface area contributed by atoms with Crippen molar-refractivity contribution in [1.82, 2.24) is 0 Å². The molecule has 0 bridgehead atoms. The minimum Gasteiger partial charge on any atom is -0.463 e. The summed E-state index contributed by atoms with van der Waals surface area (Å²) >= 11 is 0. The van der Waals surface area contributed by atoms with Gasteiger partial charge in [-0.05, 0) is 20.8 Å². The second-order valence-electron chi connectivity index (χ2n) is 8.03. The highest BCUT2D eigenvalue weighted by Gasteiger charge is 2.24. The van der Waals surface area contributed by atoms with E-state index in [1.807, 2.05) is 21.1 Å². The Hall–Kier alpha value is -1.03. The predicted octanol–water partition coefficient (Wildman–Crippen LogP) is 0.852. The minimum atomic E-state index is -4.30. The van der Waals surface area contributed by atoms with E-state index in [1.54, 1.807) is 20.8 Å². The lowest BCUT2D eigenvalue weighted by Gasteiger charge is -2.24. The van der Waals surface area contributed by atoms with Gasteiger partial charge in [0.25, 0.3) is 0 Å². The highest BCUT2D eigenvalue weighted by molar-refractivity contribution is 7.47. The summed E-state index contributed by atoms with van der Waals surface area (Å²) < 4.78 is 31.5. The van der Waals surface area contributed by atoms with Crippen LogP contribution in [-0.2, 0) is 32.7 Å². The van der Waals surface area contributed by atoms with Crippen molar-refractivity contribution < 1.29 is 47.2 Å². The lowest BCUT2D eigenvalue weighted by atomic mass is 10.2. The van der Waals surface area contributed by atoms with Crippen LogP contribution in [0.25, 0.3) is 0 Å². The molecule has 0 aromatic carbocycles. The van der Waals surface area contributed by atoms with E-state index >= 15 is 0 Å². The first-order valence-corrected chi connectivity index (χ1v) is 10.1. The van der Waals surface area contributed by atoms with Crippen molar-refractivity contribution >= 4 is 19.8 Å². The van der Waals surface area contributed by atoms with Crippen molar-refractivity contribution in [2.45, 2.75) is 45.3 Å². The number of phosphoric acid groups is 1. The van der Waals surface area contributed by atoms with Crippen LogP contribution < -0.4 is 0 Å². The molecule has 0 saturated carbocycles. The van der Waals surface area contributed by atoms with Gasteiger partial charge in [0.2, 0.25) is 0 Å². The molecule has 0 aromatic rings. The molecule has 160 valence electrons. The molecule has 0 radical (unpaired) electrons. The largest absolute Gasteiger partial charge is 0.472 e. The van der Waals surface area contributed by atoms with Crippen LogP contribution in [0.1, 0.15) is 33.6 Å². The van der Waals surface area contributed by atoms with Gasteiger partial charge < -0.3 is 24.0 Å². The van der Waals surface area contributed by atoms with Crippen molar-refractivity contribution in [3.8, 4) is 0 Å². The van der Waals surface area contributed by atoms with Crippen LogP contribution in [0.15, 0.2) is 0 Å². The smallest absolute Gasteiger partial charge is 0.463 e. The molecule has 0 aliphatic heterocycles. The maximum Gasteiger partial charge on any atom is 0.472 e. The molecule has 10 nitrogen and oxygen atoms in total. The topological polar surface area (TPSA) is 129 Å². The second kappa shape index (κ2) is 11.1. The van der Waals surface area contributed by atoms with Crippen molar-refractivity contribution in [3.05, 3.63) is 0 Å². The lowest BCUT2D eigenvalue weighted by Crippen LogP contribution is -2.37. The van der Waals surface area contributed by atoms with Gasteiger partial charge in [0.05, 0.1) is 40.6 Å². The van der Waals surface area contributed by atoms with Crippen LogP contribution in [-0.4, -0.2) is 85.6 Å². The van der Waals surface area contributed by atoms with E-state index in [0.717, 1.165) is 0 Å². The Morgan fingerprint density at radius 1 is 1.04 bits per heavy atom. The monoisotopic (exact) mass is 414 g/mol. The van der Waals surface area contributed by atoms with Gasteiger partial charge in [0, 0.05) is 0 Å². The third-order valence-corrected chi connectivity index (χ3v) is 3.82. The highest BCUT2D eigenvalue weighted by Crippen LogP contribution is 2.43. The van der Waals surface area contributed by atoms with Crippen LogP contribution in [0.2, 0.25) is 0 Å². The summed E-state index contributed by atoms with van der Waals surface area (Å²) in [6, 6.07) is 0. The molecule has 0 spiro atoms. The molecule has 27 heavy (non-hydrogen) atoms. The van der Waals surface area contributed by atoms with E-state index in [1.165, 1.54) is 0 Å². The summed E-state index contributed by atoms with van der Waals surface area (Å²) in [5, 5.41) is 9.66. The first kappa shape index (κ1) is 26.0. The van der Waals surface area contributed by atoms with E-state index in [2.05, 4.69) is 4.52 Å².